The van der Waals surface area contributed by atoms with Crippen LogP contribution in [0.2, 0.25) is 0 Å². The van der Waals surface area contributed by atoms with Gasteiger partial charge in [0, 0.05) is 55.1 Å². The van der Waals surface area contributed by atoms with Gasteiger partial charge in [0.2, 0.25) is 0 Å². The van der Waals surface area contributed by atoms with Gasteiger partial charge in [0.1, 0.15) is 0 Å². The van der Waals surface area contributed by atoms with E-state index in [4.69, 9.17) is 4.98 Å². The first kappa shape index (κ1) is 24.5. The molecule has 2 heterocycles. The number of carbonyl (C=O) groups excluding carboxylic acids is 2. The highest BCUT2D eigenvalue weighted by atomic mass is 16.2. The molecule has 0 bridgehead atoms. The van der Waals surface area contributed by atoms with Crippen molar-refractivity contribution in [3.63, 3.8) is 0 Å². The van der Waals surface area contributed by atoms with Gasteiger partial charge in [-0.2, -0.15) is 0 Å². The first-order valence-corrected chi connectivity index (χ1v) is 12.7. The van der Waals surface area contributed by atoms with Crippen molar-refractivity contribution in [1.29, 1.82) is 0 Å². The zero-order chi connectivity index (χ0) is 26.1. The second kappa shape index (κ2) is 10.0. The molecule has 1 fully saturated rings. The number of hydrogen-bond donors (Lipinski definition) is 2. The Hall–Kier alpha value is -4.20. The SMILES string of the molecule is CC(C)CNc1nc(-c2ccccc2C(=O)N(C)C)cn2c(-c3ccc(C(=O)NC4CC4)cc3)cnc12. The largest absolute Gasteiger partial charge is 0.367 e. The monoisotopic (exact) mass is 496 g/mol. The van der Waals surface area contributed by atoms with Crippen molar-refractivity contribution in [3.05, 3.63) is 72.1 Å². The van der Waals surface area contributed by atoms with E-state index in [0.717, 1.165) is 36.2 Å². The average Bonchev–Trinajstić information content (AvgIpc) is 3.61. The van der Waals surface area contributed by atoms with Crippen LogP contribution in [0.5, 0.6) is 0 Å². The van der Waals surface area contributed by atoms with Crippen molar-refractivity contribution in [2.45, 2.75) is 32.7 Å². The number of imidazole rings is 1. The Morgan fingerprint density at radius 2 is 1.81 bits per heavy atom. The summed E-state index contributed by atoms with van der Waals surface area (Å²) in [6.45, 7) is 5.01. The standard InChI is InChI=1S/C29H32N6O2/c1-18(2)15-30-26-27-31-16-25(19-9-11-20(12-10-19)28(36)32-21-13-14-21)35(27)17-24(33-26)22-7-5-6-8-23(22)29(37)34(3)4/h5-12,16-18,21H,13-15H2,1-4H3,(H,30,33)(H,32,36). The number of anilines is 1. The molecule has 0 unspecified atom stereocenters. The zero-order valence-electron chi connectivity index (χ0n) is 21.7. The zero-order valence-corrected chi connectivity index (χ0v) is 21.7. The van der Waals surface area contributed by atoms with Gasteiger partial charge in [-0.3, -0.25) is 14.0 Å². The maximum Gasteiger partial charge on any atom is 0.254 e. The Kier molecular flexibility index (Phi) is 6.65. The molecule has 0 atom stereocenters. The number of rotatable bonds is 8. The molecule has 0 saturated heterocycles. The summed E-state index contributed by atoms with van der Waals surface area (Å²) in [5.74, 6) is 0.947. The Labute approximate surface area is 216 Å². The van der Waals surface area contributed by atoms with Crippen LogP contribution in [0.4, 0.5) is 5.82 Å². The van der Waals surface area contributed by atoms with Crippen LogP contribution in [-0.4, -0.2) is 57.8 Å². The molecular formula is C29H32N6O2. The van der Waals surface area contributed by atoms with Crippen LogP contribution in [0.3, 0.4) is 0 Å². The summed E-state index contributed by atoms with van der Waals surface area (Å²) in [4.78, 5) is 36.5. The molecule has 1 aliphatic carbocycles. The van der Waals surface area contributed by atoms with Crippen molar-refractivity contribution < 1.29 is 9.59 Å². The van der Waals surface area contributed by atoms with Crippen LogP contribution in [-0.2, 0) is 0 Å². The first-order chi connectivity index (χ1) is 17.8. The third-order valence-corrected chi connectivity index (χ3v) is 6.37. The average molecular weight is 497 g/mol. The first-order valence-electron chi connectivity index (χ1n) is 12.7. The predicted molar refractivity (Wildman–Crippen MR) is 146 cm³/mol. The van der Waals surface area contributed by atoms with E-state index in [-0.39, 0.29) is 11.8 Å². The number of benzene rings is 2. The predicted octanol–water partition coefficient (Wildman–Crippen LogP) is 4.73. The summed E-state index contributed by atoms with van der Waals surface area (Å²) < 4.78 is 2.00. The highest BCUT2D eigenvalue weighted by Crippen LogP contribution is 2.30. The van der Waals surface area contributed by atoms with Crippen molar-refractivity contribution >= 4 is 23.3 Å². The van der Waals surface area contributed by atoms with E-state index in [0.29, 0.717) is 40.2 Å². The maximum absolute atomic E-state index is 12.9. The Morgan fingerprint density at radius 1 is 1.08 bits per heavy atom. The summed E-state index contributed by atoms with van der Waals surface area (Å²) in [6, 6.07) is 15.4. The van der Waals surface area contributed by atoms with Crippen LogP contribution < -0.4 is 10.6 Å². The minimum Gasteiger partial charge on any atom is -0.367 e. The number of nitrogens with one attached hydrogen (secondary N) is 2. The topological polar surface area (TPSA) is 91.6 Å². The van der Waals surface area contributed by atoms with Crippen molar-refractivity contribution in [1.82, 2.24) is 24.6 Å². The molecule has 37 heavy (non-hydrogen) atoms. The summed E-state index contributed by atoms with van der Waals surface area (Å²) in [7, 11) is 3.49. The van der Waals surface area contributed by atoms with Gasteiger partial charge in [-0.15, -0.1) is 0 Å². The molecule has 2 aromatic carbocycles. The lowest BCUT2D eigenvalue weighted by Gasteiger charge is -2.16. The molecule has 0 radical (unpaired) electrons. The van der Waals surface area contributed by atoms with Crippen molar-refractivity contribution in [2.75, 3.05) is 26.0 Å². The molecule has 1 aliphatic rings. The maximum atomic E-state index is 12.9. The molecule has 8 heteroatoms. The number of carbonyl (C=O) groups is 2. The highest BCUT2D eigenvalue weighted by molar-refractivity contribution is 6.00. The molecule has 5 rings (SSSR count). The third kappa shape index (κ3) is 5.18. The van der Waals surface area contributed by atoms with Crippen molar-refractivity contribution in [3.8, 4) is 22.5 Å². The normalized spacial score (nSPS) is 13.1. The molecule has 1 saturated carbocycles. The van der Waals surface area contributed by atoms with Crippen LogP contribution in [0.15, 0.2) is 60.9 Å². The number of fused-ring (bicyclic) bond motifs is 1. The van der Waals surface area contributed by atoms with Crippen LogP contribution in [0, 0.1) is 5.92 Å². The molecule has 0 aliphatic heterocycles. The lowest BCUT2D eigenvalue weighted by Crippen LogP contribution is -2.25. The molecule has 2 N–H and O–H groups in total. The lowest BCUT2D eigenvalue weighted by molar-refractivity contribution is 0.0828. The summed E-state index contributed by atoms with van der Waals surface area (Å²) in [5.41, 5.74) is 5.15. The van der Waals surface area contributed by atoms with Crippen LogP contribution in [0.1, 0.15) is 47.4 Å². The second-order valence-electron chi connectivity index (χ2n) is 10.2. The molecule has 0 spiro atoms. The van der Waals surface area contributed by atoms with E-state index in [2.05, 4.69) is 29.5 Å². The fraction of sp³-hybridized carbons (Fsp3) is 0.310. The minimum atomic E-state index is -0.0832. The minimum absolute atomic E-state index is 0.0407. The van der Waals surface area contributed by atoms with Gasteiger partial charge in [0.15, 0.2) is 11.5 Å². The van der Waals surface area contributed by atoms with E-state index in [1.165, 1.54) is 0 Å². The van der Waals surface area contributed by atoms with Gasteiger partial charge < -0.3 is 15.5 Å². The summed E-state index contributed by atoms with van der Waals surface area (Å²) >= 11 is 0. The van der Waals surface area contributed by atoms with E-state index < -0.39 is 0 Å². The summed E-state index contributed by atoms with van der Waals surface area (Å²) in [6.07, 6.45) is 5.85. The van der Waals surface area contributed by atoms with Gasteiger partial charge in [0.25, 0.3) is 11.8 Å². The number of amides is 2. The fourth-order valence-corrected chi connectivity index (χ4v) is 4.17. The van der Waals surface area contributed by atoms with Crippen LogP contribution in [0.25, 0.3) is 28.2 Å². The molecule has 2 aromatic heterocycles. The molecular weight excluding hydrogens is 464 g/mol. The van der Waals surface area contributed by atoms with E-state index in [1.54, 1.807) is 19.0 Å². The van der Waals surface area contributed by atoms with E-state index >= 15 is 0 Å². The van der Waals surface area contributed by atoms with Gasteiger partial charge in [-0.05, 0) is 37.0 Å². The molecule has 2 amide bonds. The van der Waals surface area contributed by atoms with E-state index in [1.807, 2.05) is 65.3 Å². The Balaban J connectivity index is 1.60. The van der Waals surface area contributed by atoms with Crippen molar-refractivity contribution in [2.24, 2.45) is 5.92 Å². The van der Waals surface area contributed by atoms with Crippen LogP contribution >= 0.6 is 0 Å². The van der Waals surface area contributed by atoms with Gasteiger partial charge >= 0.3 is 0 Å². The molecule has 190 valence electrons. The second-order valence-corrected chi connectivity index (χ2v) is 10.2. The Morgan fingerprint density at radius 3 is 2.49 bits per heavy atom. The molecule has 4 aromatic rings. The lowest BCUT2D eigenvalue weighted by atomic mass is 10.0. The third-order valence-electron chi connectivity index (χ3n) is 6.37. The van der Waals surface area contributed by atoms with E-state index in [9.17, 15) is 9.59 Å². The smallest absolute Gasteiger partial charge is 0.254 e. The number of hydrogen-bond acceptors (Lipinski definition) is 5. The van der Waals surface area contributed by atoms with Gasteiger partial charge in [-0.25, -0.2) is 9.97 Å². The quantitative estimate of drug-likeness (QED) is 0.368. The summed E-state index contributed by atoms with van der Waals surface area (Å²) in [5, 5.41) is 6.47. The Bertz CT molecular complexity index is 1450. The number of nitrogens with zero attached hydrogens (tertiary/aromatic N) is 4. The fourth-order valence-electron chi connectivity index (χ4n) is 4.17. The number of aromatic nitrogens is 3. The molecule has 8 nitrogen and oxygen atoms in total. The van der Waals surface area contributed by atoms with Gasteiger partial charge in [0.05, 0.1) is 17.6 Å². The highest BCUT2D eigenvalue weighted by Gasteiger charge is 2.24. The van der Waals surface area contributed by atoms with Gasteiger partial charge in [-0.1, -0.05) is 44.2 Å².